The van der Waals surface area contributed by atoms with Crippen LogP contribution in [0.3, 0.4) is 0 Å². The van der Waals surface area contributed by atoms with Gasteiger partial charge in [0.1, 0.15) is 11.9 Å². The number of halogens is 1. The molecule has 1 atom stereocenters. The predicted molar refractivity (Wildman–Crippen MR) is 115 cm³/mol. The molecule has 0 aliphatic carbocycles. The fraction of sp³-hybridized carbons (Fsp3) is 0.333. The van der Waals surface area contributed by atoms with Gasteiger partial charge in [0.05, 0.1) is 23.2 Å². The summed E-state index contributed by atoms with van der Waals surface area (Å²) in [5.41, 5.74) is 0.709. The van der Waals surface area contributed by atoms with E-state index < -0.39 is 27.8 Å². The molecule has 0 radical (unpaired) electrons. The van der Waals surface area contributed by atoms with Gasteiger partial charge in [-0.05, 0) is 56.7 Å². The van der Waals surface area contributed by atoms with Crippen LogP contribution in [0.15, 0.2) is 48.5 Å². The summed E-state index contributed by atoms with van der Waals surface area (Å²) in [6.45, 7) is 5.31. The third-order valence-electron chi connectivity index (χ3n) is 4.26. The van der Waals surface area contributed by atoms with Crippen LogP contribution in [0.1, 0.15) is 37.6 Å². The SMILES string of the molecule is CCC(C(=O)Nc1ccccc1C(=O)NC(C)C)N(c1ccc(F)cc1)S(C)(=O)=O. The molecule has 7 nitrogen and oxygen atoms in total. The number of hydrogen-bond donors (Lipinski definition) is 2. The third kappa shape index (κ3) is 5.79. The van der Waals surface area contributed by atoms with E-state index in [4.69, 9.17) is 0 Å². The summed E-state index contributed by atoms with van der Waals surface area (Å²) >= 11 is 0. The highest BCUT2D eigenvalue weighted by Crippen LogP contribution is 2.24. The fourth-order valence-corrected chi connectivity index (χ4v) is 4.21. The number of carbonyl (C=O) groups excluding carboxylic acids is 2. The number of nitrogens with zero attached hydrogens (tertiary/aromatic N) is 1. The minimum absolute atomic E-state index is 0.0937. The molecule has 0 bridgehead atoms. The molecule has 0 aliphatic rings. The van der Waals surface area contributed by atoms with Gasteiger partial charge >= 0.3 is 0 Å². The van der Waals surface area contributed by atoms with E-state index in [2.05, 4.69) is 10.6 Å². The van der Waals surface area contributed by atoms with E-state index in [1.807, 2.05) is 13.8 Å². The molecular weight excluding hydrogens is 409 g/mol. The summed E-state index contributed by atoms with van der Waals surface area (Å²) in [6, 6.07) is 10.2. The van der Waals surface area contributed by atoms with Gasteiger partial charge in [-0.1, -0.05) is 19.1 Å². The van der Waals surface area contributed by atoms with Crippen LogP contribution >= 0.6 is 0 Å². The van der Waals surface area contributed by atoms with Crippen LogP contribution in [0.4, 0.5) is 15.8 Å². The lowest BCUT2D eigenvalue weighted by Gasteiger charge is -2.30. The highest BCUT2D eigenvalue weighted by atomic mass is 32.2. The molecule has 1 unspecified atom stereocenters. The van der Waals surface area contributed by atoms with Crippen molar-refractivity contribution in [2.45, 2.75) is 39.3 Å². The molecule has 0 aromatic heterocycles. The summed E-state index contributed by atoms with van der Waals surface area (Å²) in [5.74, 6) is -1.47. The molecule has 2 aromatic rings. The van der Waals surface area contributed by atoms with E-state index in [1.165, 1.54) is 12.1 Å². The minimum Gasteiger partial charge on any atom is -0.350 e. The largest absolute Gasteiger partial charge is 0.350 e. The zero-order valence-electron chi connectivity index (χ0n) is 17.3. The van der Waals surface area contributed by atoms with Crippen molar-refractivity contribution < 1.29 is 22.4 Å². The average molecular weight is 436 g/mol. The van der Waals surface area contributed by atoms with Gasteiger partial charge in [0, 0.05) is 6.04 Å². The lowest BCUT2D eigenvalue weighted by Crippen LogP contribution is -2.47. The molecule has 2 N–H and O–H groups in total. The van der Waals surface area contributed by atoms with E-state index >= 15 is 0 Å². The molecule has 0 saturated heterocycles. The Kier molecular flexibility index (Phi) is 7.55. The molecular formula is C21H26FN3O4S. The van der Waals surface area contributed by atoms with E-state index in [1.54, 1.807) is 31.2 Å². The fourth-order valence-electron chi connectivity index (χ4n) is 2.99. The lowest BCUT2D eigenvalue weighted by atomic mass is 10.1. The highest BCUT2D eigenvalue weighted by molar-refractivity contribution is 7.92. The number of carbonyl (C=O) groups is 2. The third-order valence-corrected chi connectivity index (χ3v) is 5.44. The molecule has 9 heteroatoms. The molecule has 0 aliphatic heterocycles. The van der Waals surface area contributed by atoms with Crippen LogP contribution in [0.5, 0.6) is 0 Å². The van der Waals surface area contributed by atoms with Gasteiger partial charge in [-0.25, -0.2) is 12.8 Å². The summed E-state index contributed by atoms with van der Waals surface area (Å²) in [6.07, 6.45) is 1.15. The number of sulfonamides is 1. The quantitative estimate of drug-likeness (QED) is 0.666. The van der Waals surface area contributed by atoms with E-state index in [0.717, 1.165) is 22.7 Å². The van der Waals surface area contributed by atoms with Crippen LogP contribution in [-0.4, -0.2) is 38.6 Å². The second kappa shape index (κ2) is 9.71. The van der Waals surface area contributed by atoms with Crippen molar-refractivity contribution in [1.29, 1.82) is 0 Å². The number of nitrogens with one attached hydrogen (secondary N) is 2. The number of para-hydroxylation sites is 1. The first kappa shape index (κ1) is 23.3. The molecule has 2 rings (SSSR count). The number of hydrogen-bond acceptors (Lipinski definition) is 4. The lowest BCUT2D eigenvalue weighted by molar-refractivity contribution is -0.117. The zero-order chi connectivity index (χ0) is 22.5. The topological polar surface area (TPSA) is 95.6 Å². The number of benzene rings is 2. The van der Waals surface area contributed by atoms with Crippen molar-refractivity contribution in [3.8, 4) is 0 Å². The minimum atomic E-state index is -3.85. The first-order valence-electron chi connectivity index (χ1n) is 9.50. The van der Waals surface area contributed by atoms with E-state index in [9.17, 15) is 22.4 Å². The maximum Gasteiger partial charge on any atom is 0.253 e. The van der Waals surface area contributed by atoms with Crippen molar-refractivity contribution in [3.05, 3.63) is 59.9 Å². The van der Waals surface area contributed by atoms with Gasteiger partial charge in [0.15, 0.2) is 0 Å². The summed E-state index contributed by atoms with van der Waals surface area (Å²) < 4.78 is 39.2. The van der Waals surface area contributed by atoms with E-state index in [-0.39, 0.29) is 35.3 Å². The number of amides is 2. The van der Waals surface area contributed by atoms with Crippen molar-refractivity contribution in [1.82, 2.24) is 5.32 Å². The van der Waals surface area contributed by atoms with Gasteiger partial charge in [0.2, 0.25) is 15.9 Å². The first-order chi connectivity index (χ1) is 14.0. The number of rotatable bonds is 8. The Bertz CT molecular complexity index is 1010. The molecule has 0 heterocycles. The number of anilines is 2. The molecule has 162 valence electrons. The van der Waals surface area contributed by atoms with Crippen molar-refractivity contribution in [2.24, 2.45) is 0 Å². The van der Waals surface area contributed by atoms with Crippen molar-refractivity contribution in [3.63, 3.8) is 0 Å². The Hall–Kier alpha value is -2.94. The van der Waals surface area contributed by atoms with Gasteiger partial charge < -0.3 is 10.6 Å². The normalized spacial score (nSPS) is 12.3. The predicted octanol–water partition coefficient (Wildman–Crippen LogP) is 3.15. The Morgan fingerprint density at radius 2 is 1.67 bits per heavy atom. The average Bonchev–Trinajstić information content (AvgIpc) is 2.65. The van der Waals surface area contributed by atoms with Gasteiger partial charge in [-0.2, -0.15) is 0 Å². The van der Waals surface area contributed by atoms with Crippen molar-refractivity contribution >= 4 is 33.2 Å². The first-order valence-corrected chi connectivity index (χ1v) is 11.3. The monoisotopic (exact) mass is 435 g/mol. The molecule has 0 fully saturated rings. The smallest absolute Gasteiger partial charge is 0.253 e. The molecule has 30 heavy (non-hydrogen) atoms. The second-order valence-electron chi connectivity index (χ2n) is 7.12. The standard InChI is InChI=1S/C21H26FN3O4S/c1-5-19(25(30(4,28)29)16-12-10-15(22)11-13-16)21(27)24-18-9-7-6-8-17(18)20(26)23-14(2)3/h6-14,19H,5H2,1-4H3,(H,23,26)(H,24,27). The highest BCUT2D eigenvalue weighted by Gasteiger charge is 2.32. The molecule has 2 amide bonds. The van der Waals surface area contributed by atoms with Crippen LogP contribution in [0.2, 0.25) is 0 Å². The van der Waals surface area contributed by atoms with Crippen LogP contribution < -0.4 is 14.9 Å². The Balaban J connectivity index is 2.38. The van der Waals surface area contributed by atoms with E-state index in [0.29, 0.717) is 0 Å². The Labute approximate surface area is 176 Å². The van der Waals surface area contributed by atoms with Crippen LogP contribution in [0.25, 0.3) is 0 Å². The van der Waals surface area contributed by atoms with Gasteiger partial charge in [-0.15, -0.1) is 0 Å². The zero-order valence-corrected chi connectivity index (χ0v) is 18.2. The summed E-state index contributed by atoms with van der Waals surface area (Å²) in [4.78, 5) is 25.5. The van der Waals surface area contributed by atoms with Crippen LogP contribution in [-0.2, 0) is 14.8 Å². The van der Waals surface area contributed by atoms with Gasteiger partial charge in [0.25, 0.3) is 5.91 Å². The summed E-state index contributed by atoms with van der Waals surface area (Å²) in [7, 11) is -3.85. The maximum absolute atomic E-state index is 13.3. The van der Waals surface area contributed by atoms with Gasteiger partial charge in [-0.3, -0.25) is 13.9 Å². The Morgan fingerprint density at radius 1 is 1.07 bits per heavy atom. The van der Waals surface area contributed by atoms with Crippen molar-refractivity contribution in [2.75, 3.05) is 15.9 Å². The maximum atomic E-state index is 13.3. The second-order valence-corrected chi connectivity index (χ2v) is 8.98. The van der Waals surface area contributed by atoms with Crippen LogP contribution in [0, 0.1) is 5.82 Å². The molecule has 0 saturated carbocycles. The molecule has 2 aromatic carbocycles. The Morgan fingerprint density at radius 3 is 2.20 bits per heavy atom. The summed E-state index contributed by atoms with van der Waals surface area (Å²) in [5, 5.41) is 5.43. The molecule has 0 spiro atoms.